The van der Waals surface area contributed by atoms with Crippen LogP contribution in [0.4, 0.5) is 13.2 Å². The lowest BCUT2D eigenvalue weighted by Crippen LogP contribution is -2.14. The van der Waals surface area contributed by atoms with Crippen molar-refractivity contribution in [2.45, 2.75) is 19.1 Å². The molecule has 0 saturated heterocycles. The van der Waals surface area contributed by atoms with Gasteiger partial charge in [-0.05, 0) is 16.8 Å². The maximum absolute atomic E-state index is 12.1. The van der Waals surface area contributed by atoms with Gasteiger partial charge in [0.05, 0.1) is 13.0 Å². The maximum Gasteiger partial charge on any atom is 0.392 e. The summed E-state index contributed by atoms with van der Waals surface area (Å²) in [5.74, 6) is 0.422. The van der Waals surface area contributed by atoms with Gasteiger partial charge < -0.3 is 10.5 Å². The van der Waals surface area contributed by atoms with Gasteiger partial charge in [-0.25, -0.2) is 0 Å². The molecular formula is C14H14F3NO. The lowest BCUT2D eigenvalue weighted by atomic mass is 10.0. The highest BCUT2D eigenvalue weighted by molar-refractivity contribution is 5.87. The molecule has 0 aliphatic rings. The van der Waals surface area contributed by atoms with E-state index in [0.29, 0.717) is 5.75 Å². The van der Waals surface area contributed by atoms with Crippen LogP contribution in [0, 0.1) is 0 Å². The minimum absolute atomic E-state index is 0.225. The summed E-state index contributed by atoms with van der Waals surface area (Å²) in [6.45, 7) is -0.169. The summed E-state index contributed by atoms with van der Waals surface area (Å²) in [4.78, 5) is 0. The van der Waals surface area contributed by atoms with Gasteiger partial charge in [0.2, 0.25) is 0 Å². The molecule has 0 saturated carbocycles. The summed E-state index contributed by atoms with van der Waals surface area (Å²) >= 11 is 0. The van der Waals surface area contributed by atoms with Crippen molar-refractivity contribution in [3.63, 3.8) is 0 Å². The molecule has 2 rings (SSSR count). The highest BCUT2D eigenvalue weighted by Crippen LogP contribution is 2.28. The molecule has 5 heteroatoms. The summed E-state index contributed by atoms with van der Waals surface area (Å²) < 4.78 is 41.5. The fourth-order valence-electron chi connectivity index (χ4n) is 1.94. The molecule has 0 atom stereocenters. The Hall–Kier alpha value is -1.75. The van der Waals surface area contributed by atoms with E-state index >= 15 is 0 Å². The summed E-state index contributed by atoms with van der Waals surface area (Å²) in [6.07, 6.45) is -5.18. The van der Waals surface area contributed by atoms with Gasteiger partial charge >= 0.3 is 6.18 Å². The largest absolute Gasteiger partial charge is 0.493 e. The molecule has 0 heterocycles. The first-order valence-corrected chi connectivity index (χ1v) is 5.91. The average Bonchev–Trinajstić information content (AvgIpc) is 2.37. The highest BCUT2D eigenvalue weighted by Gasteiger charge is 2.27. The van der Waals surface area contributed by atoms with E-state index in [1.165, 1.54) is 0 Å². The SMILES string of the molecule is NCc1c(OCCC(F)(F)F)ccc2ccccc12. The molecule has 0 radical (unpaired) electrons. The number of ether oxygens (including phenoxy) is 1. The lowest BCUT2D eigenvalue weighted by Gasteiger charge is -2.13. The Morgan fingerprint density at radius 2 is 1.79 bits per heavy atom. The maximum atomic E-state index is 12.1. The molecule has 0 amide bonds. The monoisotopic (exact) mass is 269 g/mol. The van der Waals surface area contributed by atoms with Gasteiger partial charge in [0.1, 0.15) is 5.75 Å². The third kappa shape index (κ3) is 3.38. The fourth-order valence-corrected chi connectivity index (χ4v) is 1.94. The van der Waals surface area contributed by atoms with Crippen LogP contribution in [0.5, 0.6) is 5.75 Å². The van der Waals surface area contributed by atoms with Gasteiger partial charge in [0, 0.05) is 12.1 Å². The highest BCUT2D eigenvalue weighted by atomic mass is 19.4. The quantitative estimate of drug-likeness (QED) is 0.919. The third-order valence-corrected chi connectivity index (χ3v) is 2.84. The molecule has 2 nitrogen and oxygen atoms in total. The topological polar surface area (TPSA) is 35.2 Å². The van der Waals surface area contributed by atoms with Gasteiger partial charge in [0.25, 0.3) is 0 Å². The van der Waals surface area contributed by atoms with Gasteiger partial charge in [-0.1, -0.05) is 30.3 Å². The van der Waals surface area contributed by atoms with Crippen LogP contribution < -0.4 is 10.5 Å². The zero-order valence-electron chi connectivity index (χ0n) is 10.2. The summed E-state index contributed by atoms with van der Waals surface area (Å²) in [7, 11) is 0. The van der Waals surface area contributed by atoms with Gasteiger partial charge in [-0.15, -0.1) is 0 Å². The second-order valence-electron chi connectivity index (χ2n) is 4.18. The first kappa shape index (κ1) is 13.7. The molecule has 0 spiro atoms. The number of hydrogen-bond donors (Lipinski definition) is 1. The molecular weight excluding hydrogens is 255 g/mol. The second kappa shape index (κ2) is 5.48. The predicted molar refractivity (Wildman–Crippen MR) is 68.0 cm³/mol. The van der Waals surface area contributed by atoms with Crippen LogP contribution in [0.3, 0.4) is 0 Å². The zero-order chi connectivity index (χ0) is 13.9. The van der Waals surface area contributed by atoms with Crippen LogP contribution in [0.2, 0.25) is 0 Å². The Balaban J connectivity index is 2.23. The number of rotatable bonds is 4. The van der Waals surface area contributed by atoms with Gasteiger partial charge in [0.15, 0.2) is 0 Å². The molecule has 0 fully saturated rings. The van der Waals surface area contributed by atoms with E-state index in [4.69, 9.17) is 10.5 Å². The Morgan fingerprint density at radius 1 is 1.05 bits per heavy atom. The Labute approximate surface area is 109 Å². The van der Waals surface area contributed by atoms with Gasteiger partial charge in [-0.2, -0.15) is 13.2 Å². The number of halogens is 3. The van der Waals surface area contributed by atoms with E-state index in [9.17, 15) is 13.2 Å². The average molecular weight is 269 g/mol. The first-order valence-electron chi connectivity index (χ1n) is 5.91. The van der Waals surface area contributed by atoms with E-state index in [2.05, 4.69) is 0 Å². The number of nitrogens with two attached hydrogens (primary N) is 1. The van der Waals surface area contributed by atoms with Crippen molar-refractivity contribution in [2.75, 3.05) is 6.61 Å². The normalized spacial score (nSPS) is 11.8. The van der Waals surface area contributed by atoms with E-state index in [1.807, 2.05) is 30.3 Å². The van der Waals surface area contributed by atoms with Crippen LogP contribution >= 0.6 is 0 Å². The van der Waals surface area contributed by atoms with Crippen LogP contribution in [0.1, 0.15) is 12.0 Å². The Bertz CT molecular complexity index is 566. The summed E-state index contributed by atoms with van der Waals surface area (Å²) in [5, 5.41) is 1.90. The Kier molecular flexibility index (Phi) is 3.95. The number of hydrogen-bond acceptors (Lipinski definition) is 2. The van der Waals surface area contributed by atoms with E-state index in [-0.39, 0.29) is 6.54 Å². The molecule has 0 aromatic heterocycles. The summed E-state index contributed by atoms with van der Waals surface area (Å²) in [6, 6.07) is 11.0. The van der Waals surface area contributed by atoms with Crippen LogP contribution in [0.25, 0.3) is 10.8 Å². The zero-order valence-corrected chi connectivity index (χ0v) is 10.2. The first-order chi connectivity index (χ1) is 9.01. The predicted octanol–water partition coefficient (Wildman–Crippen LogP) is 3.63. The van der Waals surface area contributed by atoms with E-state index in [1.54, 1.807) is 6.07 Å². The van der Waals surface area contributed by atoms with E-state index in [0.717, 1.165) is 16.3 Å². The van der Waals surface area contributed by atoms with Crippen LogP contribution in [0.15, 0.2) is 36.4 Å². The molecule has 19 heavy (non-hydrogen) atoms. The fraction of sp³-hybridized carbons (Fsp3) is 0.286. The van der Waals surface area contributed by atoms with Crippen molar-refractivity contribution < 1.29 is 17.9 Å². The van der Waals surface area contributed by atoms with Gasteiger partial charge in [-0.3, -0.25) is 0 Å². The molecule has 2 N–H and O–H groups in total. The van der Waals surface area contributed by atoms with Crippen molar-refractivity contribution in [3.05, 3.63) is 42.0 Å². The number of alkyl halides is 3. The smallest absolute Gasteiger partial charge is 0.392 e. The van der Waals surface area contributed by atoms with Crippen LogP contribution in [-0.2, 0) is 6.54 Å². The Morgan fingerprint density at radius 3 is 2.47 bits per heavy atom. The van der Waals surface area contributed by atoms with Crippen molar-refractivity contribution in [2.24, 2.45) is 5.73 Å². The molecule has 2 aromatic carbocycles. The van der Waals surface area contributed by atoms with Crippen molar-refractivity contribution in [1.29, 1.82) is 0 Å². The molecule has 0 aliphatic heterocycles. The van der Waals surface area contributed by atoms with Crippen molar-refractivity contribution in [3.8, 4) is 5.75 Å². The molecule has 102 valence electrons. The molecule has 2 aromatic rings. The van der Waals surface area contributed by atoms with Crippen molar-refractivity contribution in [1.82, 2.24) is 0 Å². The minimum Gasteiger partial charge on any atom is -0.493 e. The standard InChI is InChI=1S/C14H14F3NO/c15-14(16,17)7-8-19-13-6-5-10-3-1-2-4-11(10)12(13)9-18/h1-6H,7-9,18H2. The molecule has 0 unspecified atom stereocenters. The second-order valence-corrected chi connectivity index (χ2v) is 4.18. The minimum atomic E-state index is -4.21. The third-order valence-electron chi connectivity index (χ3n) is 2.84. The van der Waals surface area contributed by atoms with Crippen molar-refractivity contribution >= 4 is 10.8 Å². The number of benzene rings is 2. The molecule has 0 bridgehead atoms. The van der Waals surface area contributed by atoms with Crippen LogP contribution in [-0.4, -0.2) is 12.8 Å². The number of fused-ring (bicyclic) bond motifs is 1. The summed E-state index contributed by atoms with van der Waals surface area (Å²) in [5.41, 5.74) is 6.41. The molecule has 0 aliphatic carbocycles. The van der Waals surface area contributed by atoms with E-state index < -0.39 is 19.2 Å². The lowest BCUT2D eigenvalue weighted by molar-refractivity contribution is -0.139.